The molecule has 0 atom stereocenters. The molecule has 6 heteroatoms. The first-order valence-corrected chi connectivity index (χ1v) is 7.95. The third kappa shape index (κ3) is 6.02. The van der Waals surface area contributed by atoms with Crippen LogP contribution < -0.4 is 10.0 Å². The average Bonchev–Trinajstić information content (AvgIpc) is 2.28. The van der Waals surface area contributed by atoms with Crippen molar-refractivity contribution in [2.45, 2.75) is 33.2 Å². The lowest BCUT2D eigenvalue weighted by Gasteiger charge is -2.11. The summed E-state index contributed by atoms with van der Waals surface area (Å²) in [4.78, 5) is 0. The first-order chi connectivity index (χ1) is 8.80. The number of benzene rings is 1. The molecule has 0 amide bonds. The van der Waals surface area contributed by atoms with E-state index in [0.29, 0.717) is 30.3 Å². The maximum atomic E-state index is 12.9. The van der Waals surface area contributed by atoms with Crippen LogP contribution in [0.5, 0.6) is 0 Å². The normalized spacial score (nSPS) is 11.8. The number of rotatable bonds is 7. The van der Waals surface area contributed by atoms with E-state index in [2.05, 4.69) is 10.0 Å². The van der Waals surface area contributed by atoms with Crippen molar-refractivity contribution in [2.24, 2.45) is 0 Å². The molecule has 0 saturated heterocycles. The molecule has 0 bridgehead atoms. The second-order valence-corrected chi connectivity index (χ2v) is 6.68. The number of anilines is 1. The highest BCUT2D eigenvalue weighted by Gasteiger charge is 2.11. The number of aryl methyl sites for hydroxylation is 1. The third-order valence-electron chi connectivity index (χ3n) is 2.60. The Morgan fingerprint density at radius 1 is 1.32 bits per heavy atom. The van der Waals surface area contributed by atoms with E-state index in [0.717, 1.165) is 0 Å². The molecule has 0 fully saturated rings. The van der Waals surface area contributed by atoms with Gasteiger partial charge in [0.25, 0.3) is 0 Å². The summed E-state index contributed by atoms with van der Waals surface area (Å²) in [6.07, 6.45) is 0.535. The molecule has 19 heavy (non-hydrogen) atoms. The molecule has 1 rings (SSSR count). The van der Waals surface area contributed by atoms with Crippen LogP contribution in [0.2, 0.25) is 0 Å². The molecule has 1 aromatic rings. The minimum Gasteiger partial charge on any atom is -0.314 e. The van der Waals surface area contributed by atoms with Gasteiger partial charge in [-0.1, -0.05) is 13.8 Å². The zero-order chi connectivity index (χ0) is 14.5. The van der Waals surface area contributed by atoms with Crippen molar-refractivity contribution in [3.63, 3.8) is 0 Å². The molecule has 0 saturated carbocycles. The first-order valence-electron chi connectivity index (χ1n) is 6.30. The number of halogens is 1. The monoisotopic (exact) mass is 288 g/mol. The summed E-state index contributed by atoms with van der Waals surface area (Å²) in [7, 11) is -3.38. The van der Waals surface area contributed by atoms with Crippen molar-refractivity contribution in [3.05, 3.63) is 29.6 Å². The van der Waals surface area contributed by atoms with Gasteiger partial charge in [-0.25, -0.2) is 12.8 Å². The molecular formula is C13H21FN2O2S. The summed E-state index contributed by atoms with van der Waals surface area (Å²) < 4.78 is 39.1. The fourth-order valence-corrected chi connectivity index (χ4v) is 2.80. The molecule has 2 N–H and O–H groups in total. The van der Waals surface area contributed by atoms with Crippen molar-refractivity contribution < 1.29 is 12.8 Å². The highest BCUT2D eigenvalue weighted by Crippen LogP contribution is 2.17. The van der Waals surface area contributed by atoms with Gasteiger partial charge in [0.05, 0.1) is 11.4 Å². The van der Waals surface area contributed by atoms with Gasteiger partial charge < -0.3 is 5.32 Å². The van der Waals surface area contributed by atoms with E-state index in [1.165, 1.54) is 18.2 Å². The smallest absolute Gasteiger partial charge is 0.232 e. The predicted octanol–water partition coefficient (Wildman–Crippen LogP) is 2.26. The fourth-order valence-electron chi connectivity index (χ4n) is 1.61. The Labute approximate surface area is 114 Å². The lowest BCUT2D eigenvalue weighted by Crippen LogP contribution is -2.26. The molecule has 108 valence electrons. The number of sulfonamides is 1. The molecule has 4 nitrogen and oxygen atoms in total. The zero-order valence-electron chi connectivity index (χ0n) is 11.5. The predicted molar refractivity (Wildman–Crippen MR) is 76.3 cm³/mol. The van der Waals surface area contributed by atoms with Crippen LogP contribution in [0.25, 0.3) is 0 Å². The quantitative estimate of drug-likeness (QED) is 0.757. The third-order valence-corrected chi connectivity index (χ3v) is 3.95. The number of hydrogen-bond donors (Lipinski definition) is 2. The maximum absolute atomic E-state index is 12.9. The Hall–Kier alpha value is -1.14. The van der Waals surface area contributed by atoms with Crippen LogP contribution in [-0.2, 0) is 10.0 Å². The molecule has 0 aliphatic rings. The summed E-state index contributed by atoms with van der Waals surface area (Å²) in [5.41, 5.74) is 1.00. The lowest BCUT2D eigenvalue weighted by atomic mass is 10.2. The highest BCUT2D eigenvalue weighted by molar-refractivity contribution is 7.92. The molecule has 0 radical (unpaired) electrons. The summed E-state index contributed by atoms with van der Waals surface area (Å²) in [6.45, 7) is 6.34. The molecule has 0 aliphatic heterocycles. The summed E-state index contributed by atoms with van der Waals surface area (Å²) >= 11 is 0. The van der Waals surface area contributed by atoms with Gasteiger partial charge in [0.2, 0.25) is 10.0 Å². The second kappa shape index (κ2) is 6.86. The van der Waals surface area contributed by atoms with Crippen LogP contribution >= 0.6 is 0 Å². The lowest BCUT2D eigenvalue weighted by molar-refractivity contribution is 0.571. The Kier molecular flexibility index (Phi) is 5.75. The molecule has 0 spiro atoms. The van der Waals surface area contributed by atoms with E-state index < -0.39 is 10.0 Å². The Morgan fingerprint density at radius 2 is 2.00 bits per heavy atom. The Bertz CT molecular complexity index is 515. The van der Waals surface area contributed by atoms with Gasteiger partial charge in [0.1, 0.15) is 5.82 Å². The van der Waals surface area contributed by atoms with E-state index in [9.17, 15) is 12.8 Å². The topological polar surface area (TPSA) is 58.2 Å². The highest BCUT2D eigenvalue weighted by atomic mass is 32.2. The van der Waals surface area contributed by atoms with E-state index in [4.69, 9.17) is 0 Å². The van der Waals surface area contributed by atoms with Crippen molar-refractivity contribution in [1.29, 1.82) is 0 Å². The molecule has 1 aromatic carbocycles. The van der Waals surface area contributed by atoms with Gasteiger partial charge in [-0.05, 0) is 43.7 Å². The zero-order valence-corrected chi connectivity index (χ0v) is 12.3. The minimum absolute atomic E-state index is 0.0452. The van der Waals surface area contributed by atoms with Gasteiger partial charge in [-0.2, -0.15) is 0 Å². The van der Waals surface area contributed by atoms with Crippen LogP contribution in [0.15, 0.2) is 18.2 Å². The van der Waals surface area contributed by atoms with Crippen molar-refractivity contribution in [1.82, 2.24) is 5.32 Å². The Morgan fingerprint density at radius 3 is 2.58 bits per heavy atom. The molecule has 0 heterocycles. The van der Waals surface area contributed by atoms with Crippen LogP contribution in [0.3, 0.4) is 0 Å². The van der Waals surface area contributed by atoms with Crippen LogP contribution in [-0.4, -0.2) is 26.8 Å². The van der Waals surface area contributed by atoms with Gasteiger partial charge in [-0.15, -0.1) is 0 Å². The molecule has 0 aliphatic carbocycles. The van der Waals surface area contributed by atoms with E-state index in [1.54, 1.807) is 6.92 Å². The molecular weight excluding hydrogens is 267 g/mol. The summed E-state index contributed by atoms with van der Waals surface area (Å²) in [5.74, 6) is -0.328. The summed E-state index contributed by atoms with van der Waals surface area (Å²) in [6, 6.07) is 4.33. The largest absolute Gasteiger partial charge is 0.314 e. The average molecular weight is 288 g/mol. The molecule has 0 aromatic heterocycles. The van der Waals surface area contributed by atoms with Crippen LogP contribution in [0.1, 0.15) is 25.8 Å². The number of hydrogen-bond acceptors (Lipinski definition) is 3. The van der Waals surface area contributed by atoms with E-state index >= 15 is 0 Å². The van der Waals surface area contributed by atoms with Gasteiger partial charge in [-0.3, -0.25) is 4.72 Å². The standard InChI is InChI=1S/C13H21FN2O2S/c1-10(2)15-7-4-8-19(17,18)16-13-6-5-12(14)9-11(13)3/h5-6,9-10,15-16H,4,7-8H2,1-3H3. The van der Waals surface area contributed by atoms with E-state index in [1.807, 2.05) is 13.8 Å². The SMILES string of the molecule is Cc1cc(F)ccc1NS(=O)(=O)CCCNC(C)C. The fraction of sp³-hybridized carbons (Fsp3) is 0.538. The van der Waals surface area contributed by atoms with Gasteiger partial charge in [0, 0.05) is 6.04 Å². The van der Waals surface area contributed by atoms with Gasteiger partial charge >= 0.3 is 0 Å². The second-order valence-electron chi connectivity index (χ2n) is 4.84. The number of nitrogens with one attached hydrogen (secondary N) is 2. The summed E-state index contributed by atoms with van der Waals surface area (Å²) in [5, 5.41) is 3.16. The van der Waals surface area contributed by atoms with E-state index in [-0.39, 0.29) is 11.6 Å². The van der Waals surface area contributed by atoms with Crippen LogP contribution in [0.4, 0.5) is 10.1 Å². The van der Waals surface area contributed by atoms with Gasteiger partial charge in [0.15, 0.2) is 0 Å². The van der Waals surface area contributed by atoms with Crippen molar-refractivity contribution >= 4 is 15.7 Å². The van der Waals surface area contributed by atoms with Crippen LogP contribution in [0, 0.1) is 12.7 Å². The maximum Gasteiger partial charge on any atom is 0.232 e. The first kappa shape index (κ1) is 15.9. The minimum atomic E-state index is -3.38. The van der Waals surface area contributed by atoms with Crippen molar-refractivity contribution in [3.8, 4) is 0 Å². The molecule has 0 unspecified atom stereocenters. The van der Waals surface area contributed by atoms with Crippen molar-refractivity contribution in [2.75, 3.05) is 17.0 Å². The Balaban J connectivity index is 2.54.